The van der Waals surface area contributed by atoms with E-state index in [1.54, 1.807) is 0 Å². The molecule has 0 atom stereocenters. The molecule has 16 heavy (non-hydrogen) atoms. The Labute approximate surface area is 102 Å². The van der Waals surface area contributed by atoms with Crippen LogP contribution in [-0.4, -0.2) is 6.54 Å². The van der Waals surface area contributed by atoms with E-state index in [-0.39, 0.29) is 0 Å². The summed E-state index contributed by atoms with van der Waals surface area (Å²) in [7, 11) is 0. The molecule has 0 aliphatic rings. The van der Waals surface area contributed by atoms with Crippen LogP contribution in [0.25, 0.3) is 11.1 Å². The first kappa shape index (κ1) is 12.8. The van der Waals surface area contributed by atoms with Gasteiger partial charge in [0.15, 0.2) is 0 Å². The Balaban J connectivity index is 0.000000386. The molecule has 0 aromatic heterocycles. The summed E-state index contributed by atoms with van der Waals surface area (Å²) in [4.78, 5) is 0. The highest BCUT2D eigenvalue weighted by molar-refractivity contribution is 6.30. The van der Waals surface area contributed by atoms with Crippen LogP contribution in [0.1, 0.15) is 6.92 Å². The van der Waals surface area contributed by atoms with Crippen LogP contribution in [-0.2, 0) is 0 Å². The highest BCUT2D eigenvalue weighted by Gasteiger charge is 1.94. The fourth-order valence-electron chi connectivity index (χ4n) is 1.27. The lowest BCUT2D eigenvalue weighted by Gasteiger charge is -2.00. The van der Waals surface area contributed by atoms with Crippen molar-refractivity contribution in [2.24, 2.45) is 5.73 Å². The van der Waals surface area contributed by atoms with Gasteiger partial charge < -0.3 is 5.73 Å². The second kappa shape index (κ2) is 7.04. The number of hydrogen-bond acceptors (Lipinski definition) is 1. The molecule has 84 valence electrons. The summed E-state index contributed by atoms with van der Waals surface area (Å²) in [6.45, 7) is 2.65. The van der Waals surface area contributed by atoms with E-state index in [2.05, 4.69) is 12.1 Å². The Kier molecular flexibility index (Phi) is 5.62. The SMILES string of the molecule is CCN.Clc1ccc(-c2ccccc2)cc1. The van der Waals surface area contributed by atoms with Crippen LogP contribution >= 0.6 is 11.6 Å². The molecule has 2 aromatic carbocycles. The molecule has 0 saturated carbocycles. The molecule has 1 nitrogen and oxygen atoms in total. The minimum Gasteiger partial charge on any atom is -0.331 e. The van der Waals surface area contributed by atoms with Crippen molar-refractivity contribution in [1.82, 2.24) is 0 Å². The lowest BCUT2D eigenvalue weighted by Crippen LogP contribution is -1.87. The Hall–Kier alpha value is -1.31. The maximum Gasteiger partial charge on any atom is 0.0406 e. The van der Waals surface area contributed by atoms with Gasteiger partial charge >= 0.3 is 0 Å². The molecule has 0 aliphatic carbocycles. The predicted molar refractivity (Wildman–Crippen MR) is 71.6 cm³/mol. The minimum absolute atomic E-state index is 0.750. The zero-order valence-corrected chi connectivity index (χ0v) is 10.1. The second-order valence-corrected chi connectivity index (χ2v) is 3.72. The lowest BCUT2D eigenvalue weighted by molar-refractivity contribution is 1.14. The second-order valence-electron chi connectivity index (χ2n) is 3.28. The summed E-state index contributed by atoms with van der Waals surface area (Å²) >= 11 is 5.80. The number of halogens is 1. The number of rotatable bonds is 1. The summed E-state index contributed by atoms with van der Waals surface area (Å²) < 4.78 is 0. The van der Waals surface area contributed by atoms with Crippen LogP contribution < -0.4 is 5.73 Å². The average Bonchev–Trinajstić information content (AvgIpc) is 2.32. The van der Waals surface area contributed by atoms with E-state index in [9.17, 15) is 0 Å². The molecule has 0 aliphatic heterocycles. The normalized spacial score (nSPS) is 9.19. The quantitative estimate of drug-likeness (QED) is 0.793. The van der Waals surface area contributed by atoms with E-state index in [0.29, 0.717) is 0 Å². The molecule has 2 heteroatoms. The van der Waals surface area contributed by atoms with Crippen molar-refractivity contribution in [3.8, 4) is 11.1 Å². The number of benzene rings is 2. The standard InChI is InChI=1S/C12H9Cl.C2H7N/c13-12-8-6-11(7-9-12)10-4-2-1-3-5-10;1-2-3/h1-9H;2-3H2,1H3. The van der Waals surface area contributed by atoms with Gasteiger partial charge in [0.25, 0.3) is 0 Å². The van der Waals surface area contributed by atoms with Gasteiger partial charge in [0.1, 0.15) is 0 Å². The first-order chi connectivity index (χ1) is 7.77. The van der Waals surface area contributed by atoms with Crippen molar-refractivity contribution in [2.75, 3.05) is 6.54 Å². The highest BCUT2D eigenvalue weighted by Crippen LogP contribution is 2.20. The van der Waals surface area contributed by atoms with Crippen LogP contribution in [0.15, 0.2) is 54.6 Å². The molecular formula is C14H16ClN. The predicted octanol–water partition coefficient (Wildman–Crippen LogP) is 3.97. The summed E-state index contributed by atoms with van der Waals surface area (Å²) in [5.74, 6) is 0. The molecule has 2 N–H and O–H groups in total. The maximum atomic E-state index is 5.80. The van der Waals surface area contributed by atoms with Gasteiger partial charge in [0.05, 0.1) is 0 Å². The van der Waals surface area contributed by atoms with E-state index in [0.717, 1.165) is 11.6 Å². The largest absolute Gasteiger partial charge is 0.331 e. The molecule has 0 radical (unpaired) electrons. The molecule has 0 heterocycles. The van der Waals surface area contributed by atoms with Crippen LogP contribution in [0, 0.1) is 0 Å². The van der Waals surface area contributed by atoms with Crippen molar-refractivity contribution in [2.45, 2.75) is 6.92 Å². The Morgan fingerprint density at radius 2 is 1.31 bits per heavy atom. The fraction of sp³-hybridized carbons (Fsp3) is 0.143. The summed E-state index contributed by atoms with van der Waals surface area (Å²) in [6, 6.07) is 18.1. The fourth-order valence-corrected chi connectivity index (χ4v) is 1.40. The molecular weight excluding hydrogens is 218 g/mol. The Morgan fingerprint density at radius 1 is 0.875 bits per heavy atom. The molecule has 2 rings (SSSR count). The first-order valence-electron chi connectivity index (χ1n) is 5.29. The molecule has 0 bridgehead atoms. The van der Waals surface area contributed by atoms with Gasteiger partial charge in [0, 0.05) is 5.02 Å². The zero-order valence-electron chi connectivity index (χ0n) is 9.36. The molecule has 2 aromatic rings. The summed E-state index contributed by atoms with van der Waals surface area (Å²) in [6.07, 6.45) is 0. The Morgan fingerprint density at radius 3 is 1.81 bits per heavy atom. The number of nitrogens with two attached hydrogens (primary N) is 1. The van der Waals surface area contributed by atoms with E-state index >= 15 is 0 Å². The van der Waals surface area contributed by atoms with Crippen LogP contribution in [0.3, 0.4) is 0 Å². The lowest BCUT2D eigenvalue weighted by atomic mass is 10.1. The van der Waals surface area contributed by atoms with Crippen LogP contribution in [0.5, 0.6) is 0 Å². The maximum absolute atomic E-state index is 5.80. The van der Waals surface area contributed by atoms with E-state index in [1.165, 1.54) is 11.1 Å². The third-order valence-electron chi connectivity index (χ3n) is 1.95. The van der Waals surface area contributed by atoms with Gasteiger partial charge in [-0.1, -0.05) is 61.0 Å². The molecule has 0 amide bonds. The van der Waals surface area contributed by atoms with Crippen molar-refractivity contribution in [3.05, 3.63) is 59.6 Å². The highest BCUT2D eigenvalue weighted by atomic mass is 35.5. The van der Waals surface area contributed by atoms with Gasteiger partial charge in [-0.25, -0.2) is 0 Å². The topological polar surface area (TPSA) is 26.0 Å². The van der Waals surface area contributed by atoms with Gasteiger partial charge in [0.2, 0.25) is 0 Å². The molecule has 0 unspecified atom stereocenters. The van der Waals surface area contributed by atoms with Crippen molar-refractivity contribution in [3.63, 3.8) is 0 Å². The summed E-state index contributed by atoms with van der Waals surface area (Å²) in [5.41, 5.74) is 7.27. The first-order valence-corrected chi connectivity index (χ1v) is 5.66. The molecule has 0 saturated heterocycles. The molecule has 0 fully saturated rings. The average molecular weight is 234 g/mol. The van der Waals surface area contributed by atoms with Crippen LogP contribution in [0.4, 0.5) is 0 Å². The van der Waals surface area contributed by atoms with Gasteiger partial charge in [-0.3, -0.25) is 0 Å². The van der Waals surface area contributed by atoms with Crippen molar-refractivity contribution in [1.29, 1.82) is 0 Å². The number of hydrogen-bond donors (Lipinski definition) is 1. The molecule has 0 spiro atoms. The Bertz CT molecular complexity index is 395. The minimum atomic E-state index is 0.750. The monoisotopic (exact) mass is 233 g/mol. The van der Waals surface area contributed by atoms with Crippen molar-refractivity contribution >= 4 is 11.6 Å². The van der Waals surface area contributed by atoms with Gasteiger partial charge in [-0.05, 0) is 29.8 Å². The summed E-state index contributed by atoms with van der Waals surface area (Å²) in [5, 5.41) is 0.777. The van der Waals surface area contributed by atoms with E-state index < -0.39 is 0 Å². The third-order valence-corrected chi connectivity index (χ3v) is 2.20. The zero-order chi connectivity index (χ0) is 11.8. The third kappa shape index (κ3) is 4.05. The van der Waals surface area contributed by atoms with Gasteiger partial charge in [-0.2, -0.15) is 0 Å². The van der Waals surface area contributed by atoms with Crippen LogP contribution in [0.2, 0.25) is 5.02 Å². The smallest absolute Gasteiger partial charge is 0.0406 e. The van der Waals surface area contributed by atoms with Crippen molar-refractivity contribution < 1.29 is 0 Å². The van der Waals surface area contributed by atoms with E-state index in [4.69, 9.17) is 17.3 Å². The van der Waals surface area contributed by atoms with Gasteiger partial charge in [-0.15, -0.1) is 0 Å². The van der Waals surface area contributed by atoms with E-state index in [1.807, 2.05) is 49.4 Å².